The fourth-order valence-corrected chi connectivity index (χ4v) is 2.14. The fraction of sp³-hybridized carbons (Fsp3) is 0.800. The number of carbonyl (C=O) groups is 2. The van der Waals surface area contributed by atoms with Crippen LogP contribution in [0.1, 0.15) is 6.92 Å². The van der Waals surface area contributed by atoms with Crippen LogP contribution in [0.3, 0.4) is 0 Å². The number of ketones is 1. The van der Waals surface area contributed by atoms with Crippen LogP contribution in [0, 0.1) is 0 Å². The Labute approximate surface area is 97.9 Å². The monoisotopic (exact) mass is 245 g/mol. The molecule has 1 amide bonds. The van der Waals surface area contributed by atoms with E-state index < -0.39 is 36.4 Å². The first-order chi connectivity index (χ1) is 7.93. The van der Waals surface area contributed by atoms with E-state index in [9.17, 15) is 19.8 Å². The molecule has 7 nitrogen and oxygen atoms in total. The van der Waals surface area contributed by atoms with Gasteiger partial charge in [0.15, 0.2) is 17.7 Å². The molecule has 2 heterocycles. The van der Waals surface area contributed by atoms with Gasteiger partial charge in [-0.2, -0.15) is 0 Å². The molecular formula is C10H15NO6. The third kappa shape index (κ3) is 1.66. The van der Waals surface area contributed by atoms with E-state index in [4.69, 9.17) is 9.47 Å². The summed E-state index contributed by atoms with van der Waals surface area (Å²) in [6, 6.07) is -0.873. The van der Waals surface area contributed by atoms with Gasteiger partial charge in [-0.25, -0.2) is 0 Å². The minimum atomic E-state index is -1.47. The van der Waals surface area contributed by atoms with Crippen molar-refractivity contribution in [1.29, 1.82) is 0 Å². The lowest BCUT2D eigenvalue weighted by Gasteiger charge is -2.40. The second-order valence-corrected chi connectivity index (χ2v) is 4.38. The lowest BCUT2D eigenvalue weighted by molar-refractivity contribution is -0.203. The van der Waals surface area contributed by atoms with E-state index >= 15 is 0 Å². The molecule has 2 bridgehead atoms. The van der Waals surface area contributed by atoms with Crippen molar-refractivity contribution in [2.45, 2.75) is 31.0 Å². The van der Waals surface area contributed by atoms with Crippen molar-refractivity contribution in [3.63, 3.8) is 0 Å². The first-order valence-corrected chi connectivity index (χ1v) is 5.29. The van der Waals surface area contributed by atoms with Crippen LogP contribution in [0.25, 0.3) is 0 Å². The van der Waals surface area contributed by atoms with Crippen LogP contribution in [0.5, 0.6) is 0 Å². The molecule has 7 heteroatoms. The Morgan fingerprint density at radius 2 is 2.29 bits per heavy atom. The zero-order chi connectivity index (χ0) is 12.8. The maximum atomic E-state index is 11.9. The number of aliphatic hydroxyl groups is 2. The molecule has 0 aromatic heterocycles. The van der Waals surface area contributed by atoms with E-state index in [0.29, 0.717) is 0 Å². The van der Waals surface area contributed by atoms with Gasteiger partial charge in [0.25, 0.3) is 0 Å². The second-order valence-electron chi connectivity index (χ2n) is 4.38. The molecule has 0 aliphatic carbocycles. The van der Waals surface area contributed by atoms with Gasteiger partial charge in [0.05, 0.1) is 13.2 Å². The van der Waals surface area contributed by atoms with Crippen LogP contribution in [0.2, 0.25) is 0 Å². The minimum absolute atomic E-state index is 0.105. The van der Waals surface area contributed by atoms with Crippen molar-refractivity contribution in [2.24, 2.45) is 0 Å². The average Bonchev–Trinajstić information content (AvgIpc) is 2.69. The highest BCUT2D eigenvalue weighted by atomic mass is 16.7. The lowest BCUT2D eigenvalue weighted by atomic mass is 9.89. The summed E-state index contributed by atoms with van der Waals surface area (Å²) in [7, 11) is 1.46. The van der Waals surface area contributed by atoms with Gasteiger partial charge >= 0.3 is 0 Å². The van der Waals surface area contributed by atoms with Gasteiger partial charge in [-0.05, 0) is 0 Å². The van der Waals surface area contributed by atoms with Crippen LogP contribution in [-0.2, 0) is 19.1 Å². The first kappa shape index (κ1) is 12.4. The Hall–Kier alpha value is -1.02. The molecule has 0 unspecified atom stereocenters. The third-order valence-corrected chi connectivity index (χ3v) is 3.34. The second kappa shape index (κ2) is 4.02. The van der Waals surface area contributed by atoms with Crippen LogP contribution in [0.4, 0.5) is 0 Å². The summed E-state index contributed by atoms with van der Waals surface area (Å²) in [5, 5.41) is 19.1. The quantitative estimate of drug-likeness (QED) is 0.577. The van der Waals surface area contributed by atoms with Crippen molar-refractivity contribution in [3.8, 4) is 0 Å². The van der Waals surface area contributed by atoms with Gasteiger partial charge in [-0.3, -0.25) is 9.59 Å². The van der Waals surface area contributed by atoms with E-state index in [1.807, 2.05) is 0 Å². The van der Waals surface area contributed by atoms with Crippen molar-refractivity contribution in [1.82, 2.24) is 4.90 Å². The highest BCUT2D eigenvalue weighted by Crippen LogP contribution is 2.35. The Bertz CT molecular complexity index is 359. The number of amides is 1. The summed E-state index contributed by atoms with van der Waals surface area (Å²) >= 11 is 0. The van der Waals surface area contributed by atoms with Gasteiger partial charge in [-0.1, -0.05) is 0 Å². The molecule has 4 atom stereocenters. The van der Waals surface area contributed by atoms with Crippen LogP contribution in [-0.4, -0.2) is 71.1 Å². The molecule has 2 N–H and O–H groups in total. The van der Waals surface area contributed by atoms with E-state index in [1.54, 1.807) is 0 Å². The molecular weight excluding hydrogens is 230 g/mol. The van der Waals surface area contributed by atoms with Crippen LogP contribution in [0.15, 0.2) is 0 Å². The number of hydrogen-bond donors (Lipinski definition) is 2. The normalized spacial score (nSPS) is 40.5. The summed E-state index contributed by atoms with van der Waals surface area (Å²) in [6.07, 6.45) is -2.29. The van der Waals surface area contributed by atoms with Gasteiger partial charge in [-0.15, -0.1) is 0 Å². The molecule has 0 radical (unpaired) electrons. The number of carbonyl (C=O) groups excluding carboxylic acids is 2. The molecule has 17 heavy (non-hydrogen) atoms. The molecule has 0 spiro atoms. The van der Waals surface area contributed by atoms with Gasteiger partial charge in [0, 0.05) is 14.0 Å². The lowest BCUT2D eigenvalue weighted by Crippen LogP contribution is -2.64. The molecule has 0 saturated carbocycles. The summed E-state index contributed by atoms with van der Waals surface area (Å²) < 4.78 is 10.6. The number of Topliss-reactive ketones (excluding diaryl/α,β-unsaturated/α-hetero) is 1. The number of likely N-dealkylation sites (N-methyl/N-ethyl adjacent to an activating group) is 1. The predicted octanol–water partition coefficient (Wildman–Crippen LogP) is -2.12. The maximum absolute atomic E-state index is 11.9. The molecule has 2 fully saturated rings. The number of hydrogen-bond acceptors (Lipinski definition) is 6. The summed E-state index contributed by atoms with van der Waals surface area (Å²) in [4.78, 5) is 24.4. The Morgan fingerprint density at radius 3 is 2.82 bits per heavy atom. The number of fused-ring (bicyclic) bond motifs is 2. The van der Waals surface area contributed by atoms with Crippen LogP contribution < -0.4 is 0 Å². The van der Waals surface area contributed by atoms with E-state index in [-0.39, 0.29) is 12.5 Å². The third-order valence-electron chi connectivity index (χ3n) is 3.34. The first-order valence-electron chi connectivity index (χ1n) is 5.29. The molecule has 0 aromatic carbocycles. The molecule has 2 rings (SSSR count). The van der Waals surface area contributed by atoms with Gasteiger partial charge in [0.2, 0.25) is 5.91 Å². The van der Waals surface area contributed by atoms with Crippen molar-refractivity contribution >= 4 is 11.7 Å². The minimum Gasteiger partial charge on any atom is -0.393 e. The fourth-order valence-electron chi connectivity index (χ4n) is 2.14. The maximum Gasteiger partial charge on any atom is 0.219 e. The SMILES string of the molecule is CC(=O)N(C)[C@H]1[C@H]2OC[C@](CO)(O2)C(=O)[C@@H]1O. The zero-order valence-electron chi connectivity index (χ0n) is 9.62. The predicted molar refractivity (Wildman–Crippen MR) is 53.9 cm³/mol. The van der Waals surface area contributed by atoms with E-state index in [2.05, 4.69) is 0 Å². The van der Waals surface area contributed by atoms with Crippen molar-refractivity contribution in [3.05, 3.63) is 0 Å². The summed E-state index contributed by atoms with van der Waals surface area (Å²) in [5.41, 5.74) is -1.47. The highest BCUT2D eigenvalue weighted by Gasteiger charge is 2.60. The summed E-state index contributed by atoms with van der Waals surface area (Å²) in [5.74, 6) is -0.954. The summed E-state index contributed by atoms with van der Waals surface area (Å²) in [6.45, 7) is 0.669. The van der Waals surface area contributed by atoms with Gasteiger partial charge in [0.1, 0.15) is 12.1 Å². The molecule has 96 valence electrons. The number of nitrogens with zero attached hydrogens (tertiary/aromatic N) is 1. The Balaban J connectivity index is 2.29. The Kier molecular flexibility index (Phi) is 2.94. The zero-order valence-corrected chi connectivity index (χ0v) is 9.62. The average molecular weight is 245 g/mol. The number of aliphatic hydroxyl groups excluding tert-OH is 2. The topological polar surface area (TPSA) is 96.3 Å². The van der Waals surface area contributed by atoms with Crippen molar-refractivity contribution < 1.29 is 29.3 Å². The van der Waals surface area contributed by atoms with E-state index in [1.165, 1.54) is 18.9 Å². The van der Waals surface area contributed by atoms with Crippen molar-refractivity contribution in [2.75, 3.05) is 20.3 Å². The highest BCUT2D eigenvalue weighted by molar-refractivity contribution is 5.94. The van der Waals surface area contributed by atoms with E-state index in [0.717, 1.165) is 0 Å². The molecule has 2 saturated heterocycles. The standard InChI is InChI=1S/C10H15NO6/c1-5(13)11(2)6-7(14)8(15)10(3-12)4-16-9(6)17-10/h6-7,9,12,14H,3-4H2,1-2H3/t6-,7-,9+,10+/m1/s1. The van der Waals surface area contributed by atoms with Crippen LogP contribution >= 0.6 is 0 Å². The number of rotatable bonds is 2. The van der Waals surface area contributed by atoms with Gasteiger partial charge < -0.3 is 24.6 Å². The Morgan fingerprint density at radius 1 is 1.65 bits per heavy atom. The molecule has 2 aliphatic rings. The molecule has 0 aromatic rings. The molecule has 2 aliphatic heterocycles. The number of ether oxygens (including phenoxy) is 2. The largest absolute Gasteiger partial charge is 0.393 e. The smallest absolute Gasteiger partial charge is 0.219 e.